The van der Waals surface area contributed by atoms with Gasteiger partial charge in [-0.1, -0.05) is 6.07 Å². The van der Waals surface area contributed by atoms with Crippen LogP contribution in [-0.2, 0) is 6.54 Å². The Morgan fingerprint density at radius 1 is 1.16 bits per heavy atom. The largest absolute Gasteiger partial charge is 0.377 e. The molecular formula is C18H23N5O2. The van der Waals surface area contributed by atoms with Crippen LogP contribution < -0.4 is 20.9 Å². The van der Waals surface area contributed by atoms with Gasteiger partial charge in [0.05, 0.1) is 5.56 Å². The lowest BCUT2D eigenvalue weighted by Crippen LogP contribution is -2.29. The fourth-order valence-electron chi connectivity index (χ4n) is 2.30. The van der Waals surface area contributed by atoms with Crippen molar-refractivity contribution in [2.24, 2.45) is 0 Å². The van der Waals surface area contributed by atoms with E-state index in [-0.39, 0.29) is 11.9 Å². The Bertz CT molecular complexity index is 732. The van der Waals surface area contributed by atoms with Crippen LogP contribution in [0.25, 0.3) is 0 Å². The summed E-state index contributed by atoms with van der Waals surface area (Å²) in [6, 6.07) is 8.66. The molecule has 0 aliphatic rings. The number of anilines is 2. The summed E-state index contributed by atoms with van der Waals surface area (Å²) in [7, 11) is 3.73. The average Bonchev–Trinajstić information content (AvgIpc) is 2.60. The zero-order valence-corrected chi connectivity index (χ0v) is 14.7. The van der Waals surface area contributed by atoms with Crippen molar-refractivity contribution in [3.05, 3.63) is 53.9 Å². The number of amides is 3. The second-order valence-electron chi connectivity index (χ2n) is 5.65. The van der Waals surface area contributed by atoms with E-state index < -0.39 is 0 Å². The molecule has 1 heterocycles. The molecule has 0 fully saturated rings. The maximum Gasteiger partial charge on any atom is 0.319 e. The summed E-state index contributed by atoms with van der Waals surface area (Å²) in [5, 5.41) is 8.26. The van der Waals surface area contributed by atoms with Crippen LogP contribution in [0.4, 0.5) is 16.2 Å². The number of benzene rings is 1. The van der Waals surface area contributed by atoms with E-state index in [1.807, 2.05) is 38.1 Å². The fraction of sp³-hybridized carbons (Fsp3) is 0.278. The van der Waals surface area contributed by atoms with Gasteiger partial charge in [0, 0.05) is 51.0 Å². The summed E-state index contributed by atoms with van der Waals surface area (Å²) in [5.41, 5.74) is 2.73. The summed E-state index contributed by atoms with van der Waals surface area (Å²) >= 11 is 0. The molecule has 0 aliphatic heterocycles. The molecule has 7 nitrogen and oxygen atoms in total. The highest BCUT2D eigenvalue weighted by Gasteiger charge is 2.14. The number of nitrogens with zero attached hydrogens (tertiary/aromatic N) is 2. The van der Waals surface area contributed by atoms with Crippen LogP contribution in [0.5, 0.6) is 0 Å². The van der Waals surface area contributed by atoms with Gasteiger partial charge in [0.1, 0.15) is 0 Å². The first-order valence-electron chi connectivity index (χ1n) is 8.04. The third-order valence-corrected chi connectivity index (χ3v) is 3.49. The topological polar surface area (TPSA) is 86.4 Å². The lowest BCUT2D eigenvalue weighted by atomic mass is 10.1. The predicted octanol–water partition coefficient (Wildman–Crippen LogP) is 2.22. The van der Waals surface area contributed by atoms with Crippen LogP contribution in [0.1, 0.15) is 22.8 Å². The van der Waals surface area contributed by atoms with E-state index in [1.165, 1.54) is 0 Å². The van der Waals surface area contributed by atoms with E-state index in [0.29, 0.717) is 24.3 Å². The summed E-state index contributed by atoms with van der Waals surface area (Å²) in [4.78, 5) is 30.2. The van der Waals surface area contributed by atoms with E-state index in [9.17, 15) is 9.59 Å². The Hall–Kier alpha value is -3.09. The van der Waals surface area contributed by atoms with Gasteiger partial charge in [-0.2, -0.15) is 0 Å². The normalized spacial score (nSPS) is 10.0. The highest BCUT2D eigenvalue weighted by molar-refractivity contribution is 6.01. The minimum absolute atomic E-state index is 0.216. The van der Waals surface area contributed by atoms with E-state index in [4.69, 9.17) is 0 Å². The molecule has 0 spiro atoms. The number of pyridine rings is 1. The Labute approximate surface area is 147 Å². The minimum Gasteiger partial charge on any atom is -0.377 e. The molecule has 0 unspecified atom stereocenters. The highest BCUT2D eigenvalue weighted by atomic mass is 16.2. The van der Waals surface area contributed by atoms with Crippen LogP contribution in [0.2, 0.25) is 0 Å². The molecule has 25 heavy (non-hydrogen) atoms. The monoisotopic (exact) mass is 341 g/mol. The number of carbonyl (C=O) groups excluding carboxylic acids is 2. The average molecular weight is 341 g/mol. The van der Waals surface area contributed by atoms with Crippen LogP contribution in [0.15, 0.2) is 42.7 Å². The fourth-order valence-corrected chi connectivity index (χ4v) is 2.30. The van der Waals surface area contributed by atoms with Crippen molar-refractivity contribution in [1.29, 1.82) is 0 Å². The van der Waals surface area contributed by atoms with Crippen molar-refractivity contribution >= 4 is 23.3 Å². The van der Waals surface area contributed by atoms with Gasteiger partial charge in [0.2, 0.25) is 0 Å². The lowest BCUT2D eigenvalue weighted by Gasteiger charge is -2.18. The van der Waals surface area contributed by atoms with Crippen molar-refractivity contribution in [1.82, 2.24) is 15.6 Å². The van der Waals surface area contributed by atoms with Crippen molar-refractivity contribution < 1.29 is 9.59 Å². The van der Waals surface area contributed by atoms with Crippen LogP contribution in [0.3, 0.4) is 0 Å². The van der Waals surface area contributed by atoms with Gasteiger partial charge in [0.25, 0.3) is 5.91 Å². The molecule has 0 saturated heterocycles. The molecule has 0 aliphatic carbocycles. The van der Waals surface area contributed by atoms with E-state index in [2.05, 4.69) is 20.9 Å². The second-order valence-corrected chi connectivity index (χ2v) is 5.65. The quantitative estimate of drug-likeness (QED) is 0.752. The Morgan fingerprint density at radius 2 is 1.96 bits per heavy atom. The first-order valence-corrected chi connectivity index (χ1v) is 8.04. The number of hydrogen-bond acceptors (Lipinski definition) is 4. The predicted molar refractivity (Wildman–Crippen MR) is 98.9 cm³/mol. The SMILES string of the molecule is CCNC(=O)Nc1ccc(N(C)C)c(C(=O)NCc2cccnc2)c1. The second kappa shape index (κ2) is 8.68. The van der Waals surface area contributed by atoms with Gasteiger partial charge in [-0.05, 0) is 36.8 Å². The third-order valence-electron chi connectivity index (χ3n) is 3.49. The van der Waals surface area contributed by atoms with Gasteiger partial charge in [-0.25, -0.2) is 4.79 Å². The summed E-state index contributed by atoms with van der Waals surface area (Å²) in [5.74, 6) is -0.216. The molecule has 0 bridgehead atoms. The van der Waals surface area contributed by atoms with Crippen LogP contribution >= 0.6 is 0 Å². The number of carbonyl (C=O) groups is 2. The van der Waals surface area contributed by atoms with Gasteiger partial charge in [0.15, 0.2) is 0 Å². The van der Waals surface area contributed by atoms with Gasteiger partial charge in [-0.3, -0.25) is 9.78 Å². The van der Waals surface area contributed by atoms with E-state index in [1.54, 1.807) is 30.6 Å². The van der Waals surface area contributed by atoms with Crippen molar-refractivity contribution in [2.75, 3.05) is 30.9 Å². The summed E-state index contributed by atoms with van der Waals surface area (Å²) in [6.45, 7) is 2.75. The number of aromatic nitrogens is 1. The molecule has 1 aromatic heterocycles. The number of rotatable bonds is 6. The molecule has 3 amide bonds. The Balaban J connectivity index is 2.17. The van der Waals surface area contributed by atoms with Crippen LogP contribution in [-0.4, -0.2) is 37.6 Å². The van der Waals surface area contributed by atoms with E-state index in [0.717, 1.165) is 11.3 Å². The molecule has 0 saturated carbocycles. The highest BCUT2D eigenvalue weighted by Crippen LogP contribution is 2.23. The lowest BCUT2D eigenvalue weighted by molar-refractivity contribution is 0.0951. The summed E-state index contributed by atoms with van der Waals surface area (Å²) < 4.78 is 0. The Morgan fingerprint density at radius 3 is 2.60 bits per heavy atom. The number of nitrogens with one attached hydrogen (secondary N) is 3. The molecule has 0 atom stereocenters. The molecule has 1 aromatic carbocycles. The first-order chi connectivity index (χ1) is 12.0. The standard InChI is InChI=1S/C18H23N5O2/c1-4-20-18(25)22-14-7-8-16(23(2)3)15(10-14)17(24)21-12-13-6-5-9-19-11-13/h5-11H,4,12H2,1-3H3,(H,21,24)(H2,20,22,25). The van der Waals surface area contributed by atoms with Crippen molar-refractivity contribution in [3.8, 4) is 0 Å². The van der Waals surface area contributed by atoms with Gasteiger partial charge < -0.3 is 20.9 Å². The molecule has 2 rings (SSSR count). The maximum absolute atomic E-state index is 12.6. The maximum atomic E-state index is 12.6. The van der Waals surface area contributed by atoms with Crippen molar-refractivity contribution in [3.63, 3.8) is 0 Å². The smallest absolute Gasteiger partial charge is 0.319 e. The zero-order chi connectivity index (χ0) is 18.2. The van der Waals surface area contributed by atoms with Gasteiger partial charge in [-0.15, -0.1) is 0 Å². The third kappa shape index (κ3) is 5.20. The first kappa shape index (κ1) is 18.3. The Kier molecular flexibility index (Phi) is 6.33. The molecular weight excluding hydrogens is 318 g/mol. The molecule has 2 aromatic rings. The number of urea groups is 1. The molecule has 132 valence electrons. The van der Waals surface area contributed by atoms with Gasteiger partial charge >= 0.3 is 6.03 Å². The summed E-state index contributed by atoms with van der Waals surface area (Å²) in [6.07, 6.45) is 3.40. The number of hydrogen-bond donors (Lipinski definition) is 3. The molecule has 3 N–H and O–H groups in total. The molecule has 7 heteroatoms. The minimum atomic E-state index is -0.304. The van der Waals surface area contributed by atoms with Crippen LogP contribution in [0, 0.1) is 0 Å². The zero-order valence-electron chi connectivity index (χ0n) is 14.7. The van der Waals surface area contributed by atoms with Crippen molar-refractivity contribution in [2.45, 2.75) is 13.5 Å². The van der Waals surface area contributed by atoms with E-state index >= 15 is 0 Å². The molecule has 0 radical (unpaired) electrons.